The molecule has 3 aromatic carbocycles. The molecular formula is C23H17NO5. The van der Waals surface area contributed by atoms with Gasteiger partial charge in [-0.15, -0.1) is 0 Å². The van der Waals surface area contributed by atoms with Crippen molar-refractivity contribution in [2.45, 2.75) is 0 Å². The van der Waals surface area contributed by atoms with Crippen LogP contribution in [0.1, 0.15) is 5.56 Å². The average Bonchev–Trinajstić information content (AvgIpc) is 3.03. The summed E-state index contributed by atoms with van der Waals surface area (Å²) in [7, 11) is 1.61. The SMILES string of the molecule is COc1ccc2cc(/C=C3\OC(Nc4ccccc4)=C(C(=O)O)C3=O)ccc2c1. The third-order valence-corrected chi connectivity index (χ3v) is 4.50. The molecule has 0 aliphatic carbocycles. The van der Waals surface area contributed by atoms with Gasteiger partial charge in [0, 0.05) is 5.69 Å². The van der Waals surface area contributed by atoms with E-state index in [1.54, 1.807) is 31.4 Å². The third kappa shape index (κ3) is 3.68. The molecule has 0 fully saturated rings. The first-order chi connectivity index (χ1) is 14.0. The third-order valence-electron chi connectivity index (χ3n) is 4.50. The van der Waals surface area contributed by atoms with Crippen LogP contribution in [0.15, 0.2) is 83.9 Å². The molecule has 0 unspecified atom stereocenters. The van der Waals surface area contributed by atoms with E-state index in [-0.39, 0.29) is 11.6 Å². The number of hydrogen-bond donors (Lipinski definition) is 2. The van der Waals surface area contributed by atoms with Gasteiger partial charge in [-0.05, 0) is 52.7 Å². The van der Waals surface area contributed by atoms with Crippen LogP contribution in [-0.2, 0) is 14.3 Å². The number of rotatable bonds is 5. The van der Waals surface area contributed by atoms with Gasteiger partial charge in [-0.3, -0.25) is 4.79 Å². The maximum absolute atomic E-state index is 12.6. The molecule has 0 radical (unpaired) electrons. The van der Waals surface area contributed by atoms with Crippen LogP contribution >= 0.6 is 0 Å². The Hall–Kier alpha value is -4.06. The molecule has 0 saturated carbocycles. The van der Waals surface area contributed by atoms with Crippen molar-refractivity contribution in [3.8, 4) is 5.75 Å². The van der Waals surface area contributed by atoms with E-state index in [1.165, 1.54) is 6.08 Å². The van der Waals surface area contributed by atoms with Crippen LogP contribution in [0, 0.1) is 0 Å². The van der Waals surface area contributed by atoms with Gasteiger partial charge < -0.3 is 19.9 Å². The van der Waals surface area contributed by atoms with Crippen LogP contribution in [0.5, 0.6) is 5.75 Å². The zero-order chi connectivity index (χ0) is 20.4. The fourth-order valence-electron chi connectivity index (χ4n) is 3.07. The van der Waals surface area contributed by atoms with E-state index in [1.807, 2.05) is 42.5 Å². The second-order valence-electron chi connectivity index (χ2n) is 6.41. The largest absolute Gasteiger partial charge is 0.497 e. The lowest BCUT2D eigenvalue weighted by Gasteiger charge is -2.08. The van der Waals surface area contributed by atoms with Crippen molar-refractivity contribution >= 4 is 34.3 Å². The highest BCUT2D eigenvalue weighted by Gasteiger charge is 2.35. The van der Waals surface area contributed by atoms with E-state index < -0.39 is 17.3 Å². The molecule has 4 rings (SSSR count). The van der Waals surface area contributed by atoms with E-state index in [2.05, 4.69) is 5.32 Å². The van der Waals surface area contributed by atoms with Crippen molar-refractivity contribution < 1.29 is 24.2 Å². The molecule has 1 heterocycles. The minimum Gasteiger partial charge on any atom is -0.497 e. The number of carboxylic acid groups (broad SMARTS) is 1. The highest BCUT2D eigenvalue weighted by molar-refractivity contribution is 6.26. The molecule has 0 spiro atoms. The topological polar surface area (TPSA) is 84.9 Å². The number of methoxy groups -OCH3 is 1. The van der Waals surface area contributed by atoms with E-state index in [0.29, 0.717) is 5.69 Å². The summed E-state index contributed by atoms with van der Waals surface area (Å²) in [5.74, 6) is -1.41. The van der Waals surface area contributed by atoms with Crippen LogP contribution in [0.2, 0.25) is 0 Å². The minimum atomic E-state index is -1.34. The summed E-state index contributed by atoms with van der Waals surface area (Å²) < 4.78 is 10.8. The number of allylic oxidation sites excluding steroid dienone is 1. The van der Waals surface area contributed by atoms with Crippen molar-refractivity contribution in [3.05, 3.63) is 89.5 Å². The zero-order valence-electron chi connectivity index (χ0n) is 15.5. The molecule has 0 atom stereocenters. The predicted octanol–water partition coefficient (Wildman–Crippen LogP) is 4.20. The van der Waals surface area contributed by atoms with E-state index in [4.69, 9.17) is 9.47 Å². The minimum absolute atomic E-state index is 0.0475. The monoisotopic (exact) mass is 387 g/mol. The number of nitrogens with one attached hydrogen (secondary N) is 1. The number of benzene rings is 3. The van der Waals surface area contributed by atoms with Crippen LogP contribution < -0.4 is 10.1 Å². The van der Waals surface area contributed by atoms with Crippen molar-refractivity contribution in [2.24, 2.45) is 0 Å². The van der Waals surface area contributed by atoms with Crippen LogP contribution in [0.4, 0.5) is 5.69 Å². The van der Waals surface area contributed by atoms with Gasteiger partial charge in [-0.25, -0.2) is 4.79 Å². The Kier molecular flexibility index (Phi) is 4.75. The molecular weight excluding hydrogens is 370 g/mol. The molecule has 6 nitrogen and oxygen atoms in total. The summed E-state index contributed by atoms with van der Waals surface area (Å²) >= 11 is 0. The molecule has 0 aromatic heterocycles. The standard InChI is InChI=1S/C23H17NO5/c1-28-18-10-9-15-11-14(7-8-16(15)13-18)12-19-21(25)20(23(26)27)22(29-19)24-17-5-3-2-4-6-17/h2-13,24H,1H3,(H,26,27)/b19-12-. The summed E-state index contributed by atoms with van der Waals surface area (Å²) in [5, 5.41) is 14.3. The first-order valence-corrected chi connectivity index (χ1v) is 8.87. The molecule has 29 heavy (non-hydrogen) atoms. The number of carbonyl (C=O) groups excluding carboxylic acids is 1. The molecule has 1 aliphatic heterocycles. The Morgan fingerprint density at radius 1 is 1.03 bits per heavy atom. The Morgan fingerprint density at radius 3 is 2.48 bits per heavy atom. The van der Waals surface area contributed by atoms with Crippen LogP contribution in [0.3, 0.4) is 0 Å². The number of carbonyl (C=O) groups is 2. The van der Waals surface area contributed by atoms with E-state index in [0.717, 1.165) is 22.1 Å². The Morgan fingerprint density at radius 2 is 1.76 bits per heavy atom. The van der Waals surface area contributed by atoms with Gasteiger partial charge in [-0.1, -0.05) is 36.4 Å². The number of fused-ring (bicyclic) bond motifs is 1. The number of aliphatic carboxylic acids is 1. The Labute approximate surface area is 166 Å². The summed E-state index contributed by atoms with van der Waals surface area (Å²) in [4.78, 5) is 24.2. The lowest BCUT2D eigenvalue weighted by molar-refractivity contribution is -0.134. The van der Waals surface area contributed by atoms with Gasteiger partial charge in [0.1, 0.15) is 5.75 Å². The highest BCUT2D eigenvalue weighted by Crippen LogP contribution is 2.29. The summed E-state index contributed by atoms with van der Waals surface area (Å²) in [6, 6.07) is 20.2. The van der Waals surface area contributed by atoms with E-state index in [9.17, 15) is 14.7 Å². The number of anilines is 1. The van der Waals surface area contributed by atoms with Crippen molar-refractivity contribution in [2.75, 3.05) is 12.4 Å². The number of Topliss-reactive ketones (excluding diaryl/α,β-unsaturated/α-hetero) is 1. The lowest BCUT2D eigenvalue weighted by Crippen LogP contribution is -2.12. The van der Waals surface area contributed by atoms with Crippen molar-refractivity contribution in [3.63, 3.8) is 0 Å². The quantitative estimate of drug-likeness (QED) is 0.504. The normalized spacial score (nSPS) is 14.9. The maximum atomic E-state index is 12.6. The fraction of sp³-hybridized carbons (Fsp3) is 0.0435. The number of ether oxygens (including phenoxy) is 2. The van der Waals surface area contributed by atoms with Gasteiger partial charge >= 0.3 is 5.97 Å². The zero-order valence-corrected chi connectivity index (χ0v) is 15.5. The van der Waals surface area contributed by atoms with Crippen LogP contribution in [0.25, 0.3) is 16.8 Å². The number of ketones is 1. The predicted molar refractivity (Wildman–Crippen MR) is 109 cm³/mol. The molecule has 144 valence electrons. The first-order valence-electron chi connectivity index (χ1n) is 8.87. The van der Waals surface area contributed by atoms with Crippen LogP contribution in [-0.4, -0.2) is 24.0 Å². The Balaban J connectivity index is 1.65. The average molecular weight is 387 g/mol. The smallest absolute Gasteiger partial charge is 0.345 e. The molecule has 2 N–H and O–H groups in total. The highest BCUT2D eigenvalue weighted by atomic mass is 16.5. The summed E-state index contributed by atoms with van der Waals surface area (Å²) in [6.07, 6.45) is 1.54. The molecule has 0 bridgehead atoms. The molecule has 3 aromatic rings. The number of carboxylic acids is 1. The summed E-state index contributed by atoms with van der Waals surface area (Å²) in [5.41, 5.74) is 0.914. The van der Waals surface area contributed by atoms with E-state index >= 15 is 0 Å². The van der Waals surface area contributed by atoms with Gasteiger partial charge in [0.05, 0.1) is 7.11 Å². The molecule has 1 aliphatic rings. The Bertz CT molecular complexity index is 1180. The van der Waals surface area contributed by atoms with Gasteiger partial charge in [0.2, 0.25) is 11.7 Å². The second kappa shape index (κ2) is 7.52. The van der Waals surface area contributed by atoms with Gasteiger partial charge in [-0.2, -0.15) is 0 Å². The number of para-hydroxylation sites is 1. The summed E-state index contributed by atoms with van der Waals surface area (Å²) in [6.45, 7) is 0. The molecule has 6 heteroatoms. The fourth-order valence-corrected chi connectivity index (χ4v) is 3.07. The molecule has 0 amide bonds. The lowest BCUT2D eigenvalue weighted by atomic mass is 10.0. The second-order valence-corrected chi connectivity index (χ2v) is 6.41. The van der Waals surface area contributed by atoms with Gasteiger partial charge in [0.15, 0.2) is 11.3 Å². The molecule has 0 saturated heterocycles. The maximum Gasteiger partial charge on any atom is 0.345 e. The van der Waals surface area contributed by atoms with Gasteiger partial charge in [0.25, 0.3) is 0 Å². The van der Waals surface area contributed by atoms with Crippen molar-refractivity contribution in [1.29, 1.82) is 0 Å². The number of hydrogen-bond acceptors (Lipinski definition) is 5. The van der Waals surface area contributed by atoms with Crippen molar-refractivity contribution in [1.82, 2.24) is 0 Å². The first kappa shape index (κ1) is 18.3.